The molecule has 0 spiro atoms. The lowest BCUT2D eigenvalue weighted by molar-refractivity contribution is -0.180. The first-order valence-electron chi connectivity index (χ1n) is 8.13. The van der Waals surface area contributed by atoms with Gasteiger partial charge in [0.2, 0.25) is 0 Å². The molecule has 0 N–H and O–H groups in total. The normalized spacial score (nSPS) is 25.2. The Morgan fingerprint density at radius 3 is 2.11 bits per heavy atom. The summed E-state index contributed by atoms with van der Waals surface area (Å²) in [5.41, 5.74) is 0.898. The summed E-state index contributed by atoms with van der Waals surface area (Å²) in [6.07, 6.45) is -4.17. The van der Waals surface area contributed by atoms with Crippen LogP contribution in [0.1, 0.15) is 19.4 Å². The van der Waals surface area contributed by atoms with Crippen LogP contribution in [0.5, 0.6) is 0 Å². The summed E-state index contributed by atoms with van der Waals surface area (Å²) < 4.78 is 50.6. The van der Waals surface area contributed by atoms with Gasteiger partial charge >= 0.3 is 11.9 Å². The number of aryl methyl sites for hydroxylation is 1. The molecular weight excluding hydrogens is 380 g/mol. The summed E-state index contributed by atoms with van der Waals surface area (Å²) in [7, 11) is -2.73. The van der Waals surface area contributed by atoms with Crippen molar-refractivity contribution in [2.24, 2.45) is 0 Å². The summed E-state index contributed by atoms with van der Waals surface area (Å²) in [6.45, 7) is 3.73. The van der Waals surface area contributed by atoms with Crippen LogP contribution >= 0.6 is 0 Å². The van der Waals surface area contributed by atoms with E-state index < -0.39 is 53.3 Å². The molecule has 2 rings (SSSR count). The van der Waals surface area contributed by atoms with E-state index in [4.69, 9.17) is 23.1 Å². The molecule has 0 radical (unpaired) electrons. The van der Waals surface area contributed by atoms with Crippen LogP contribution in [0.15, 0.2) is 29.2 Å². The SMILES string of the molecule is COC1O[C@@H](COS(=O)(=O)c2ccc(C)cc2)[C@H](OC(C)=O)[C@H]1OC(C)=O. The maximum atomic E-state index is 12.3. The van der Waals surface area contributed by atoms with Crippen LogP contribution in [0.3, 0.4) is 0 Å². The lowest BCUT2D eigenvalue weighted by Gasteiger charge is -2.22. The van der Waals surface area contributed by atoms with Crippen molar-refractivity contribution in [3.8, 4) is 0 Å². The second kappa shape index (κ2) is 8.79. The Kier molecular flexibility index (Phi) is 6.93. The van der Waals surface area contributed by atoms with Gasteiger partial charge in [0.1, 0.15) is 6.10 Å². The quantitative estimate of drug-likeness (QED) is 0.485. The number of rotatable bonds is 7. The molecule has 1 aromatic rings. The van der Waals surface area contributed by atoms with Gasteiger partial charge in [-0.25, -0.2) is 0 Å². The second-order valence-electron chi connectivity index (χ2n) is 5.98. The Morgan fingerprint density at radius 2 is 1.59 bits per heavy atom. The highest BCUT2D eigenvalue weighted by Gasteiger charge is 2.50. The highest BCUT2D eigenvalue weighted by Crippen LogP contribution is 2.28. The lowest BCUT2D eigenvalue weighted by Crippen LogP contribution is -2.41. The number of hydrogen-bond donors (Lipinski definition) is 0. The molecule has 1 aliphatic rings. The minimum absolute atomic E-state index is 0.0186. The van der Waals surface area contributed by atoms with Crippen molar-refractivity contribution in [1.29, 1.82) is 0 Å². The zero-order valence-electron chi connectivity index (χ0n) is 15.4. The number of ether oxygens (including phenoxy) is 4. The van der Waals surface area contributed by atoms with Gasteiger partial charge in [-0.2, -0.15) is 8.42 Å². The summed E-state index contributed by atoms with van der Waals surface area (Å²) in [6, 6.07) is 6.12. The fourth-order valence-corrected chi connectivity index (χ4v) is 3.51. The van der Waals surface area contributed by atoms with E-state index in [1.165, 1.54) is 33.1 Å². The Labute approximate surface area is 157 Å². The second-order valence-corrected chi connectivity index (χ2v) is 7.59. The number of hydrogen-bond acceptors (Lipinski definition) is 9. The molecule has 10 heteroatoms. The number of carbonyl (C=O) groups is 2. The first-order valence-corrected chi connectivity index (χ1v) is 9.53. The molecule has 150 valence electrons. The topological polar surface area (TPSA) is 114 Å². The standard InChI is InChI=1S/C17H22O9S/c1-10-5-7-13(8-6-10)27(20,21)23-9-14-15(24-11(2)18)16(25-12(3)19)17(22-4)26-14/h5-8,14-17H,9H2,1-4H3/t14-,15-,16+,17?/m0/s1. The van der Waals surface area contributed by atoms with E-state index in [0.29, 0.717) is 0 Å². The summed E-state index contributed by atoms with van der Waals surface area (Å²) in [4.78, 5) is 22.7. The van der Waals surface area contributed by atoms with Crippen LogP contribution in [-0.4, -0.2) is 58.7 Å². The van der Waals surface area contributed by atoms with Gasteiger partial charge in [-0.15, -0.1) is 0 Å². The fraction of sp³-hybridized carbons (Fsp3) is 0.529. The lowest BCUT2D eigenvalue weighted by atomic mass is 10.1. The molecule has 9 nitrogen and oxygen atoms in total. The highest BCUT2D eigenvalue weighted by molar-refractivity contribution is 7.86. The molecule has 0 bridgehead atoms. The van der Waals surface area contributed by atoms with E-state index in [1.807, 2.05) is 6.92 Å². The maximum Gasteiger partial charge on any atom is 0.303 e. The van der Waals surface area contributed by atoms with Crippen LogP contribution in [0.2, 0.25) is 0 Å². The third kappa shape index (κ3) is 5.48. The first-order chi connectivity index (χ1) is 12.6. The fourth-order valence-electron chi connectivity index (χ4n) is 2.60. The number of esters is 2. The van der Waals surface area contributed by atoms with Crippen molar-refractivity contribution in [3.05, 3.63) is 29.8 Å². The van der Waals surface area contributed by atoms with Gasteiger partial charge in [0.05, 0.1) is 11.5 Å². The van der Waals surface area contributed by atoms with E-state index in [1.54, 1.807) is 12.1 Å². The van der Waals surface area contributed by atoms with Crippen molar-refractivity contribution >= 4 is 22.1 Å². The van der Waals surface area contributed by atoms with Crippen LogP contribution < -0.4 is 0 Å². The molecular formula is C17H22O9S. The molecule has 0 aromatic heterocycles. The van der Waals surface area contributed by atoms with Crippen molar-refractivity contribution in [2.75, 3.05) is 13.7 Å². The Bertz CT molecular complexity index is 772. The van der Waals surface area contributed by atoms with E-state index in [2.05, 4.69) is 0 Å². The Morgan fingerprint density at radius 1 is 1.04 bits per heavy atom. The van der Waals surface area contributed by atoms with Crippen molar-refractivity contribution in [3.63, 3.8) is 0 Å². The zero-order valence-corrected chi connectivity index (χ0v) is 16.2. The predicted octanol–water partition coefficient (Wildman–Crippen LogP) is 0.935. The molecule has 1 aliphatic heterocycles. The van der Waals surface area contributed by atoms with Crippen LogP contribution in [0.4, 0.5) is 0 Å². The van der Waals surface area contributed by atoms with Crippen molar-refractivity contribution in [2.45, 2.75) is 50.3 Å². The third-order valence-corrected chi connectivity index (χ3v) is 5.10. The number of carbonyl (C=O) groups excluding carboxylic acids is 2. The number of benzene rings is 1. The molecule has 0 saturated carbocycles. The van der Waals surface area contributed by atoms with Gasteiger partial charge in [-0.1, -0.05) is 17.7 Å². The summed E-state index contributed by atoms with van der Waals surface area (Å²) >= 11 is 0. The van der Waals surface area contributed by atoms with Gasteiger partial charge in [-0.05, 0) is 19.1 Å². The molecule has 1 saturated heterocycles. The van der Waals surface area contributed by atoms with Crippen LogP contribution in [0, 0.1) is 6.92 Å². The zero-order chi connectivity index (χ0) is 20.2. The van der Waals surface area contributed by atoms with Crippen LogP contribution in [0.25, 0.3) is 0 Å². The Balaban J connectivity index is 2.15. The average Bonchev–Trinajstić information content (AvgIpc) is 2.89. The maximum absolute atomic E-state index is 12.3. The molecule has 4 atom stereocenters. The molecule has 1 fully saturated rings. The molecule has 1 heterocycles. The number of methoxy groups -OCH3 is 1. The van der Waals surface area contributed by atoms with Gasteiger partial charge in [0.25, 0.3) is 10.1 Å². The average molecular weight is 402 g/mol. The van der Waals surface area contributed by atoms with Gasteiger partial charge in [0.15, 0.2) is 18.5 Å². The molecule has 0 amide bonds. The van der Waals surface area contributed by atoms with E-state index >= 15 is 0 Å². The van der Waals surface area contributed by atoms with Crippen molar-refractivity contribution in [1.82, 2.24) is 0 Å². The van der Waals surface area contributed by atoms with Gasteiger partial charge in [0, 0.05) is 21.0 Å². The molecule has 1 aromatic carbocycles. The highest BCUT2D eigenvalue weighted by atomic mass is 32.2. The van der Waals surface area contributed by atoms with Crippen LogP contribution in [-0.2, 0) is 42.8 Å². The molecule has 1 unspecified atom stereocenters. The minimum atomic E-state index is -4.05. The van der Waals surface area contributed by atoms with Gasteiger partial charge in [-0.3, -0.25) is 13.8 Å². The van der Waals surface area contributed by atoms with Crippen molar-refractivity contribution < 1.29 is 41.1 Å². The third-order valence-electron chi connectivity index (χ3n) is 3.80. The van der Waals surface area contributed by atoms with E-state index in [-0.39, 0.29) is 4.90 Å². The van der Waals surface area contributed by atoms with E-state index in [0.717, 1.165) is 5.56 Å². The smallest absolute Gasteiger partial charge is 0.303 e. The van der Waals surface area contributed by atoms with E-state index in [9.17, 15) is 18.0 Å². The summed E-state index contributed by atoms with van der Waals surface area (Å²) in [5, 5.41) is 0. The largest absolute Gasteiger partial charge is 0.455 e. The molecule has 0 aliphatic carbocycles. The molecule has 27 heavy (non-hydrogen) atoms. The Hall–Kier alpha value is -2.01. The monoisotopic (exact) mass is 402 g/mol. The first kappa shape index (κ1) is 21.3. The summed E-state index contributed by atoms with van der Waals surface area (Å²) in [5.74, 6) is -1.28. The minimum Gasteiger partial charge on any atom is -0.455 e. The predicted molar refractivity (Wildman–Crippen MR) is 91.1 cm³/mol. The van der Waals surface area contributed by atoms with Gasteiger partial charge < -0.3 is 18.9 Å².